The Hall–Kier alpha value is -0.220. The molecule has 2 rings (SSSR count). The van der Waals surface area contributed by atoms with Crippen LogP contribution < -0.4 is 4.90 Å². The average Bonchev–Trinajstić information content (AvgIpc) is 2.18. The van der Waals surface area contributed by atoms with Gasteiger partial charge in [0.1, 0.15) is 11.0 Å². The molecule has 0 N–H and O–H groups in total. The summed E-state index contributed by atoms with van der Waals surface area (Å²) >= 11 is 18.1. The normalized spacial score (nSPS) is 21.5. The Kier molecular flexibility index (Phi) is 3.96. The zero-order chi connectivity index (χ0) is 14.4. The molecule has 2 heterocycles. The molecule has 0 amide bonds. The fourth-order valence-corrected chi connectivity index (χ4v) is 3.21. The summed E-state index contributed by atoms with van der Waals surface area (Å²) in [4.78, 5) is 6.39. The molecule has 1 aliphatic heterocycles. The van der Waals surface area contributed by atoms with Crippen molar-refractivity contribution in [3.63, 3.8) is 0 Å². The molecule has 0 atom stereocenters. The summed E-state index contributed by atoms with van der Waals surface area (Å²) in [6.45, 7) is 9.58. The van der Waals surface area contributed by atoms with Gasteiger partial charge in [0.25, 0.3) is 0 Å². The lowest BCUT2D eigenvalue weighted by Crippen LogP contribution is -2.57. The third kappa shape index (κ3) is 3.46. The highest BCUT2D eigenvalue weighted by atomic mass is 35.5. The third-order valence-corrected chi connectivity index (χ3v) is 3.81. The van der Waals surface area contributed by atoms with Crippen molar-refractivity contribution in [2.75, 3.05) is 18.0 Å². The van der Waals surface area contributed by atoms with Crippen molar-refractivity contribution in [2.24, 2.45) is 0 Å². The Bertz CT molecular complexity index is 487. The highest BCUT2D eigenvalue weighted by Gasteiger charge is 2.39. The van der Waals surface area contributed by atoms with Gasteiger partial charge >= 0.3 is 0 Å². The van der Waals surface area contributed by atoms with Gasteiger partial charge in [0, 0.05) is 13.1 Å². The number of rotatable bonds is 1. The predicted octanol–water partition coefficient (Wildman–Crippen LogP) is 4.44. The number of hydrogen-bond acceptors (Lipinski definition) is 3. The molecule has 1 aromatic heterocycles. The Balaban J connectivity index is 2.39. The molecule has 19 heavy (non-hydrogen) atoms. The van der Waals surface area contributed by atoms with Crippen LogP contribution in [0.2, 0.25) is 15.2 Å². The van der Waals surface area contributed by atoms with E-state index in [-0.39, 0.29) is 16.4 Å². The molecule has 106 valence electrons. The van der Waals surface area contributed by atoms with Crippen molar-refractivity contribution < 1.29 is 4.74 Å². The summed E-state index contributed by atoms with van der Waals surface area (Å²) < 4.78 is 6.04. The van der Waals surface area contributed by atoms with E-state index >= 15 is 0 Å². The van der Waals surface area contributed by atoms with Gasteiger partial charge in [0.05, 0.1) is 21.2 Å². The minimum Gasteiger partial charge on any atom is -0.366 e. The molecule has 6 heteroatoms. The predicted molar refractivity (Wildman–Crippen MR) is 80.7 cm³/mol. The summed E-state index contributed by atoms with van der Waals surface area (Å²) in [6, 6.07) is 1.63. The first kappa shape index (κ1) is 15.2. The SMILES string of the molecule is CC1(C)CN(c2nc(Cl)c(Cl)cc2Cl)CC(C)(C)O1. The third-order valence-electron chi connectivity index (χ3n) is 2.86. The number of nitrogens with zero attached hydrogens (tertiary/aromatic N) is 2. The fourth-order valence-electron chi connectivity index (χ4n) is 2.59. The van der Waals surface area contributed by atoms with E-state index in [2.05, 4.69) is 9.88 Å². The van der Waals surface area contributed by atoms with Crippen molar-refractivity contribution in [1.29, 1.82) is 0 Å². The summed E-state index contributed by atoms with van der Waals surface area (Å²) in [5.74, 6) is 0.653. The number of morpholine rings is 1. The molecule has 0 radical (unpaired) electrons. The minimum atomic E-state index is -0.279. The standard InChI is InChI=1S/C13H17Cl3N2O/c1-12(2)6-18(7-13(3,4)19-12)11-9(15)5-8(14)10(16)17-11/h5H,6-7H2,1-4H3. The van der Waals surface area contributed by atoms with Gasteiger partial charge in [-0.05, 0) is 33.8 Å². The zero-order valence-electron chi connectivity index (χ0n) is 11.4. The van der Waals surface area contributed by atoms with Crippen LogP contribution in [0.1, 0.15) is 27.7 Å². The van der Waals surface area contributed by atoms with Crippen LogP contribution in [0, 0.1) is 0 Å². The molecule has 0 aromatic carbocycles. The van der Waals surface area contributed by atoms with Crippen LogP contribution in [-0.2, 0) is 4.74 Å². The fraction of sp³-hybridized carbons (Fsp3) is 0.615. The van der Waals surface area contributed by atoms with Crippen LogP contribution in [0.25, 0.3) is 0 Å². The number of hydrogen-bond donors (Lipinski definition) is 0. The molecule has 1 aliphatic rings. The largest absolute Gasteiger partial charge is 0.366 e. The van der Waals surface area contributed by atoms with Crippen molar-refractivity contribution in [3.8, 4) is 0 Å². The maximum Gasteiger partial charge on any atom is 0.150 e. The molecular formula is C13H17Cl3N2O. The van der Waals surface area contributed by atoms with E-state index in [0.717, 1.165) is 0 Å². The van der Waals surface area contributed by atoms with Crippen LogP contribution in [0.3, 0.4) is 0 Å². The second-order valence-corrected chi connectivity index (χ2v) is 7.22. The van der Waals surface area contributed by atoms with Crippen molar-refractivity contribution >= 4 is 40.6 Å². The smallest absolute Gasteiger partial charge is 0.150 e. The second-order valence-electron chi connectivity index (χ2n) is 6.04. The zero-order valence-corrected chi connectivity index (χ0v) is 13.7. The van der Waals surface area contributed by atoms with E-state index in [1.807, 2.05) is 27.7 Å². The van der Waals surface area contributed by atoms with Gasteiger partial charge in [-0.2, -0.15) is 0 Å². The van der Waals surface area contributed by atoms with E-state index in [1.165, 1.54) is 0 Å². The first-order valence-corrected chi connectivity index (χ1v) is 7.20. The van der Waals surface area contributed by atoms with E-state index in [4.69, 9.17) is 39.5 Å². The Morgan fingerprint density at radius 1 is 1.05 bits per heavy atom. The summed E-state index contributed by atoms with van der Waals surface area (Å²) in [6.07, 6.45) is 0. The Labute approximate surface area is 128 Å². The maximum atomic E-state index is 6.23. The highest BCUT2D eigenvalue weighted by molar-refractivity contribution is 6.42. The molecule has 0 aliphatic carbocycles. The number of anilines is 1. The quantitative estimate of drug-likeness (QED) is 0.715. The van der Waals surface area contributed by atoms with Gasteiger partial charge in [0.2, 0.25) is 0 Å². The van der Waals surface area contributed by atoms with Crippen LogP contribution in [0.4, 0.5) is 5.82 Å². The number of aromatic nitrogens is 1. The van der Waals surface area contributed by atoms with Crippen molar-refractivity contribution in [1.82, 2.24) is 4.98 Å². The van der Waals surface area contributed by atoms with Crippen LogP contribution in [0.5, 0.6) is 0 Å². The molecule has 0 bridgehead atoms. The molecule has 0 saturated carbocycles. The van der Waals surface area contributed by atoms with Crippen molar-refractivity contribution in [2.45, 2.75) is 38.9 Å². The lowest BCUT2D eigenvalue weighted by Gasteiger charge is -2.47. The molecular weight excluding hydrogens is 307 g/mol. The van der Waals surface area contributed by atoms with Gasteiger partial charge in [-0.25, -0.2) is 4.98 Å². The number of pyridine rings is 1. The molecule has 0 spiro atoms. The molecule has 3 nitrogen and oxygen atoms in total. The van der Waals surface area contributed by atoms with Gasteiger partial charge in [-0.15, -0.1) is 0 Å². The summed E-state index contributed by atoms with van der Waals surface area (Å²) in [5.41, 5.74) is -0.558. The number of ether oxygens (including phenoxy) is 1. The van der Waals surface area contributed by atoms with Crippen LogP contribution in [0.15, 0.2) is 6.07 Å². The Morgan fingerprint density at radius 2 is 1.58 bits per heavy atom. The topological polar surface area (TPSA) is 25.4 Å². The van der Waals surface area contributed by atoms with Gasteiger partial charge < -0.3 is 9.64 Å². The lowest BCUT2D eigenvalue weighted by atomic mass is 9.99. The van der Waals surface area contributed by atoms with E-state index in [9.17, 15) is 0 Å². The first-order valence-electron chi connectivity index (χ1n) is 6.06. The van der Waals surface area contributed by atoms with E-state index in [0.29, 0.717) is 29.0 Å². The maximum absolute atomic E-state index is 6.23. The van der Waals surface area contributed by atoms with E-state index in [1.54, 1.807) is 6.07 Å². The summed E-state index contributed by atoms with van der Waals surface area (Å²) in [5, 5.41) is 1.13. The van der Waals surface area contributed by atoms with Crippen LogP contribution >= 0.6 is 34.8 Å². The highest BCUT2D eigenvalue weighted by Crippen LogP contribution is 2.36. The Morgan fingerprint density at radius 3 is 2.11 bits per heavy atom. The van der Waals surface area contributed by atoms with Gasteiger partial charge in [0.15, 0.2) is 0 Å². The number of halogens is 3. The van der Waals surface area contributed by atoms with Gasteiger partial charge in [-0.1, -0.05) is 34.8 Å². The van der Waals surface area contributed by atoms with E-state index < -0.39 is 0 Å². The molecule has 1 aromatic rings. The van der Waals surface area contributed by atoms with Crippen LogP contribution in [-0.4, -0.2) is 29.3 Å². The minimum absolute atomic E-state index is 0.267. The van der Waals surface area contributed by atoms with Gasteiger partial charge in [-0.3, -0.25) is 0 Å². The molecule has 1 fully saturated rings. The summed E-state index contributed by atoms with van der Waals surface area (Å²) in [7, 11) is 0. The average molecular weight is 324 g/mol. The second kappa shape index (κ2) is 4.96. The monoisotopic (exact) mass is 322 g/mol. The lowest BCUT2D eigenvalue weighted by molar-refractivity contribution is -0.133. The van der Waals surface area contributed by atoms with Crippen molar-refractivity contribution in [3.05, 3.63) is 21.3 Å². The first-order chi connectivity index (χ1) is 8.60. The molecule has 1 saturated heterocycles. The molecule has 0 unspecified atom stereocenters.